The van der Waals surface area contributed by atoms with Gasteiger partial charge in [-0.05, 0) is 55.5 Å². The summed E-state index contributed by atoms with van der Waals surface area (Å²) in [6, 6.07) is 6.76. The van der Waals surface area contributed by atoms with Crippen molar-refractivity contribution in [2.24, 2.45) is 5.41 Å². The first-order valence-corrected chi connectivity index (χ1v) is 8.98. The predicted octanol–water partition coefficient (Wildman–Crippen LogP) is 1.92. The highest BCUT2D eigenvalue weighted by molar-refractivity contribution is 7.89. The lowest BCUT2D eigenvalue weighted by molar-refractivity contribution is 0.181. The van der Waals surface area contributed by atoms with E-state index in [4.69, 9.17) is 5.26 Å². The second kappa shape index (κ2) is 6.37. The molecule has 1 aromatic carbocycles. The predicted molar refractivity (Wildman–Crippen MR) is 85.9 cm³/mol. The van der Waals surface area contributed by atoms with Gasteiger partial charge in [0.1, 0.15) is 0 Å². The van der Waals surface area contributed by atoms with Gasteiger partial charge in [0.25, 0.3) is 0 Å². The fourth-order valence-corrected chi connectivity index (χ4v) is 4.18. The van der Waals surface area contributed by atoms with Crippen LogP contribution >= 0.6 is 0 Å². The summed E-state index contributed by atoms with van der Waals surface area (Å²) in [5.74, 6) is 0. The summed E-state index contributed by atoms with van der Waals surface area (Å²) in [5.41, 5.74) is 1.12. The van der Waals surface area contributed by atoms with Crippen molar-refractivity contribution in [3.05, 3.63) is 29.3 Å². The molecule has 0 radical (unpaired) electrons. The SMILES string of the molecule is Cc1cc(C#N)ccc1S(=O)(=O)NCC1NCCCC1(C)C. The molecule has 1 aromatic rings. The average Bonchev–Trinajstić information content (AvgIpc) is 2.45. The van der Waals surface area contributed by atoms with Crippen molar-refractivity contribution in [2.75, 3.05) is 13.1 Å². The topological polar surface area (TPSA) is 82.0 Å². The van der Waals surface area contributed by atoms with E-state index in [0.717, 1.165) is 19.4 Å². The van der Waals surface area contributed by atoms with Gasteiger partial charge in [-0.3, -0.25) is 0 Å². The van der Waals surface area contributed by atoms with Crippen LogP contribution in [0.15, 0.2) is 23.1 Å². The number of hydrogen-bond donors (Lipinski definition) is 2. The number of rotatable bonds is 4. The average molecular weight is 321 g/mol. The van der Waals surface area contributed by atoms with Crippen LogP contribution in [0.25, 0.3) is 0 Å². The maximum Gasteiger partial charge on any atom is 0.240 e. The van der Waals surface area contributed by atoms with Gasteiger partial charge in [-0.2, -0.15) is 5.26 Å². The zero-order chi connectivity index (χ0) is 16.4. The molecule has 0 saturated carbocycles. The van der Waals surface area contributed by atoms with Crippen LogP contribution in [0.5, 0.6) is 0 Å². The Morgan fingerprint density at radius 1 is 1.45 bits per heavy atom. The molecule has 120 valence electrons. The molecular formula is C16H23N3O2S. The lowest BCUT2D eigenvalue weighted by atomic mass is 9.78. The molecular weight excluding hydrogens is 298 g/mol. The van der Waals surface area contributed by atoms with E-state index < -0.39 is 10.0 Å². The van der Waals surface area contributed by atoms with Crippen molar-refractivity contribution < 1.29 is 8.42 Å². The van der Waals surface area contributed by atoms with Gasteiger partial charge < -0.3 is 5.32 Å². The van der Waals surface area contributed by atoms with Crippen molar-refractivity contribution in [3.63, 3.8) is 0 Å². The van der Waals surface area contributed by atoms with E-state index in [1.165, 1.54) is 12.1 Å². The lowest BCUT2D eigenvalue weighted by Gasteiger charge is -2.39. The van der Waals surface area contributed by atoms with Crippen LogP contribution in [0.3, 0.4) is 0 Å². The third-order valence-electron chi connectivity index (χ3n) is 4.40. The molecule has 22 heavy (non-hydrogen) atoms. The van der Waals surface area contributed by atoms with Gasteiger partial charge in [0, 0.05) is 12.6 Å². The van der Waals surface area contributed by atoms with Gasteiger partial charge in [0.05, 0.1) is 16.5 Å². The van der Waals surface area contributed by atoms with Crippen molar-refractivity contribution in [1.29, 1.82) is 5.26 Å². The Kier molecular flexibility index (Phi) is 4.90. The fraction of sp³-hybridized carbons (Fsp3) is 0.562. The van der Waals surface area contributed by atoms with Gasteiger partial charge in [-0.25, -0.2) is 13.1 Å². The first-order chi connectivity index (χ1) is 10.3. The third kappa shape index (κ3) is 3.67. The highest BCUT2D eigenvalue weighted by atomic mass is 32.2. The Bertz CT molecular complexity index is 690. The van der Waals surface area contributed by atoms with E-state index in [2.05, 4.69) is 23.9 Å². The summed E-state index contributed by atoms with van der Waals surface area (Å²) in [6.07, 6.45) is 2.20. The normalized spacial score (nSPS) is 21.3. The molecule has 0 aliphatic carbocycles. The Labute approximate surface area is 132 Å². The Hall–Kier alpha value is -1.42. The summed E-state index contributed by atoms with van der Waals surface area (Å²) in [6.45, 7) is 7.31. The van der Waals surface area contributed by atoms with Gasteiger partial charge >= 0.3 is 0 Å². The molecule has 2 rings (SSSR count). The van der Waals surface area contributed by atoms with Crippen LogP contribution in [-0.2, 0) is 10.0 Å². The minimum Gasteiger partial charge on any atom is -0.312 e. The van der Waals surface area contributed by atoms with Gasteiger partial charge in [-0.1, -0.05) is 13.8 Å². The number of benzene rings is 1. The minimum atomic E-state index is -3.56. The first kappa shape index (κ1) is 16.9. The van der Waals surface area contributed by atoms with Crippen molar-refractivity contribution >= 4 is 10.0 Å². The number of piperidine rings is 1. The molecule has 1 unspecified atom stereocenters. The molecule has 0 aromatic heterocycles. The highest BCUT2D eigenvalue weighted by Gasteiger charge is 2.32. The maximum absolute atomic E-state index is 12.5. The minimum absolute atomic E-state index is 0.0699. The monoisotopic (exact) mass is 321 g/mol. The van der Waals surface area contributed by atoms with Crippen LogP contribution in [0, 0.1) is 23.7 Å². The zero-order valence-electron chi connectivity index (χ0n) is 13.3. The Balaban J connectivity index is 2.13. The smallest absolute Gasteiger partial charge is 0.240 e. The van der Waals surface area contributed by atoms with E-state index in [1.54, 1.807) is 13.0 Å². The highest BCUT2D eigenvalue weighted by Crippen LogP contribution is 2.30. The second-order valence-corrected chi connectivity index (χ2v) is 8.28. The summed E-state index contributed by atoms with van der Waals surface area (Å²) in [5, 5.41) is 12.3. The molecule has 1 aliphatic heterocycles. The number of nitriles is 1. The summed E-state index contributed by atoms with van der Waals surface area (Å²) in [7, 11) is -3.56. The molecule has 6 heteroatoms. The number of nitrogens with zero attached hydrogens (tertiary/aromatic N) is 1. The molecule has 0 spiro atoms. The molecule has 1 aliphatic rings. The van der Waals surface area contributed by atoms with Crippen LogP contribution in [0.1, 0.15) is 37.8 Å². The van der Waals surface area contributed by atoms with Gasteiger partial charge in [0.2, 0.25) is 10.0 Å². The van der Waals surface area contributed by atoms with Gasteiger partial charge in [0.15, 0.2) is 0 Å². The molecule has 1 heterocycles. The Morgan fingerprint density at radius 3 is 2.77 bits per heavy atom. The van der Waals surface area contributed by atoms with Crippen LogP contribution < -0.4 is 10.0 Å². The van der Waals surface area contributed by atoms with E-state index >= 15 is 0 Å². The standard InChI is InChI=1S/C16H23N3O2S/c1-12-9-13(10-17)5-6-14(12)22(20,21)19-11-15-16(2,3)7-4-8-18-15/h5-6,9,15,18-19H,4,7-8,11H2,1-3H3. The molecule has 1 saturated heterocycles. The molecule has 0 bridgehead atoms. The van der Waals surface area contributed by atoms with Crippen LogP contribution in [0.4, 0.5) is 0 Å². The van der Waals surface area contributed by atoms with E-state index in [0.29, 0.717) is 17.7 Å². The molecule has 5 nitrogen and oxygen atoms in total. The number of sulfonamides is 1. The third-order valence-corrected chi connectivity index (χ3v) is 5.99. The molecule has 0 amide bonds. The van der Waals surface area contributed by atoms with E-state index in [1.807, 2.05) is 6.07 Å². The van der Waals surface area contributed by atoms with Crippen LogP contribution in [-0.4, -0.2) is 27.5 Å². The molecule has 1 atom stereocenters. The maximum atomic E-state index is 12.5. The fourth-order valence-electron chi connectivity index (χ4n) is 2.91. The quantitative estimate of drug-likeness (QED) is 0.887. The number of nitrogens with one attached hydrogen (secondary N) is 2. The first-order valence-electron chi connectivity index (χ1n) is 7.50. The lowest BCUT2D eigenvalue weighted by Crippen LogP contribution is -2.52. The summed E-state index contributed by atoms with van der Waals surface area (Å²) >= 11 is 0. The Morgan fingerprint density at radius 2 is 2.18 bits per heavy atom. The molecule has 2 N–H and O–H groups in total. The largest absolute Gasteiger partial charge is 0.312 e. The second-order valence-electron chi connectivity index (χ2n) is 6.54. The van der Waals surface area contributed by atoms with E-state index in [9.17, 15) is 8.42 Å². The number of aryl methyl sites for hydroxylation is 1. The van der Waals surface area contributed by atoms with Crippen molar-refractivity contribution in [2.45, 2.75) is 44.6 Å². The summed E-state index contributed by atoms with van der Waals surface area (Å²) < 4.78 is 27.7. The zero-order valence-corrected chi connectivity index (χ0v) is 14.1. The van der Waals surface area contributed by atoms with E-state index in [-0.39, 0.29) is 16.4 Å². The van der Waals surface area contributed by atoms with Crippen molar-refractivity contribution in [3.8, 4) is 6.07 Å². The van der Waals surface area contributed by atoms with Crippen LogP contribution in [0.2, 0.25) is 0 Å². The van der Waals surface area contributed by atoms with Crippen molar-refractivity contribution in [1.82, 2.24) is 10.0 Å². The molecule has 1 fully saturated rings. The summed E-state index contributed by atoms with van der Waals surface area (Å²) in [4.78, 5) is 0.236. The number of hydrogen-bond acceptors (Lipinski definition) is 4. The van der Waals surface area contributed by atoms with Gasteiger partial charge in [-0.15, -0.1) is 0 Å².